The van der Waals surface area contributed by atoms with E-state index in [-0.39, 0.29) is 12.2 Å². The molecule has 0 saturated heterocycles. The summed E-state index contributed by atoms with van der Waals surface area (Å²) in [4.78, 5) is 25.1. The Bertz CT molecular complexity index is 688. The van der Waals surface area contributed by atoms with E-state index in [2.05, 4.69) is 0 Å². The fourth-order valence-electron chi connectivity index (χ4n) is 2.92. The molecule has 0 spiro atoms. The normalized spacial score (nSPS) is 23.6. The Balaban J connectivity index is 2.13. The minimum absolute atomic E-state index is 0.0345. The number of rotatable bonds is 3. The molecule has 1 aliphatic rings. The van der Waals surface area contributed by atoms with E-state index in [4.69, 9.17) is 9.15 Å². The summed E-state index contributed by atoms with van der Waals surface area (Å²) in [5, 5.41) is 10.6. The van der Waals surface area contributed by atoms with Gasteiger partial charge < -0.3 is 14.3 Å². The number of aliphatic hydroxyl groups is 1. The molecule has 0 radical (unpaired) electrons. The molecule has 5 heteroatoms. The van der Waals surface area contributed by atoms with Crippen LogP contribution in [0.3, 0.4) is 0 Å². The van der Waals surface area contributed by atoms with Gasteiger partial charge >= 0.3 is 5.97 Å². The third kappa shape index (κ3) is 1.81. The summed E-state index contributed by atoms with van der Waals surface area (Å²) < 4.78 is 9.90. The Labute approximate surface area is 121 Å². The van der Waals surface area contributed by atoms with Crippen molar-refractivity contribution in [3.63, 3.8) is 0 Å². The smallest absolute Gasteiger partial charge is 0.323 e. The van der Waals surface area contributed by atoms with Gasteiger partial charge in [0.2, 0.25) is 5.78 Å². The van der Waals surface area contributed by atoms with Crippen molar-refractivity contribution in [3.8, 4) is 0 Å². The first-order valence-electron chi connectivity index (χ1n) is 6.54. The van der Waals surface area contributed by atoms with E-state index in [1.54, 1.807) is 30.3 Å². The highest BCUT2D eigenvalue weighted by atomic mass is 16.5. The van der Waals surface area contributed by atoms with Crippen LogP contribution in [0.1, 0.15) is 27.8 Å². The second-order valence-corrected chi connectivity index (χ2v) is 5.05. The first-order valence-corrected chi connectivity index (χ1v) is 6.54. The van der Waals surface area contributed by atoms with Gasteiger partial charge in [0, 0.05) is 0 Å². The number of furan rings is 1. The number of hydrogen-bond acceptors (Lipinski definition) is 5. The van der Waals surface area contributed by atoms with Gasteiger partial charge in [-0.3, -0.25) is 9.59 Å². The van der Waals surface area contributed by atoms with Crippen molar-refractivity contribution >= 4 is 11.8 Å². The van der Waals surface area contributed by atoms with E-state index in [1.807, 2.05) is 0 Å². The summed E-state index contributed by atoms with van der Waals surface area (Å²) in [5.41, 5.74) is -0.353. The van der Waals surface area contributed by atoms with Gasteiger partial charge in [-0.1, -0.05) is 24.3 Å². The standard InChI is InChI=1S/C16H14O5/c1-20-15(19)16(14(18)12-7-4-8-21-12)9-10-5-2-3-6-11(10)13(16)17/h2-8,13,17H,9H2,1H3/t13-,16-/m1/s1. The Hall–Kier alpha value is -2.40. The topological polar surface area (TPSA) is 76.7 Å². The van der Waals surface area contributed by atoms with E-state index in [9.17, 15) is 14.7 Å². The first-order chi connectivity index (χ1) is 10.1. The van der Waals surface area contributed by atoms with Gasteiger partial charge in [0.1, 0.15) is 6.10 Å². The Morgan fingerprint density at radius 3 is 2.67 bits per heavy atom. The van der Waals surface area contributed by atoms with E-state index in [0.717, 1.165) is 5.56 Å². The molecule has 2 aromatic rings. The van der Waals surface area contributed by atoms with Crippen molar-refractivity contribution in [1.82, 2.24) is 0 Å². The predicted octanol–water partition coefficient (Wildman–Crippen LogP) is 1.91. The summed E-state index contributed by atoms with van der Waals surface area (Å²) >= 11 is 0. The van der Waals surface area contributed by atoms with Gasteiger partial charge in [0.15, 0.2) is 11.2 Å². The molecule has 1 aromatic heterocycles. The van der Waals surface area contributed by atoms with Crippen LogP contribution < -0.4 is 0 Å². The summed E-state index contributed by atoms with van der Waals surface area (Å²) in [6.45, 7) is 0. The second-order valence-electron chi connectivity index (χ2n) is 5.05. The Morgan fingerprint density at radius 2 is 2.05 bits per heavy atom. The highest BCUT2D eigenvalue weighted by Gasteiger charge is 2.58. The highest BCUT2D eigenvalue weighted by molar-refractivity contribution is 6.12. The minimum atomic E-state index is -1.68. The molecular formula is C16H14O5. The van der Waals surface area contributed by atoms with Gasteiger partial charge in [-0.25, -0.2) is 0 Å². The number of carbonyl (C=O) groups excluding carboxylic acids is 2. The van der Waals surface area contributed by atoms with Crippen molar-refractivity contribution in [1.29, 1.82) is 0 Å². The molecule has 5 nitrogen and oxygen atoms in total. The fraction of sp³-hybridized carbons (Fsp3) is 0.250. The number of aliphatic hydroxyl groups excluding tert-OH is 1. The monoisotopic (exact) mass is 286 g/mol. The maximum absolute atomic E-state index is 12.8. The zero-order chi connectivity index (χ0) is 15.0. The molecule has 21 heavy (non-hydrogen) atoms. The first kappa shape index (κ1) is 13.6. The molecular weight excluding hydrogens is 272 g/mol. The molecule has 0 fully saturated rings. The van der Waals surface area contributed by atoms with Crippen LogP contribution in [0.15, 0.2) is 47.1 Å². The van der Waals surface area contributed by atoms with Crippen molar-refractivity contribution in [2.24, 2.45) is 5.41 Å². The van der Waals surface area contributed by atoms with Gasteiger partial charge in [0.05, 0.1) is 13.4 Å². The largest absolute Gasteiger partial charge is 0.468 e. The lowest BCUT2D eigenvalue weighted by Gasteiger charge is -2.27. The molecule has 3 rings (SSSR count). The molecule has 0 aliphatic heterocycles. The number of ketones is 1. The van der Waals surface area contributed by atoms with Crippen LogP contribution in [0.5, 0.6) is 0 Å². The van der Waals surface area contributed by atoms with E-state index in [1.165, 1.54) is 19.4 Å². The molecule has 0 unspecified atom stereocenters. The molecule has 0 saturated carbocycles. The summed E-state index contributed by atoms with van der Waals surface area (Å²) in [6.07, 6.45) is 0.196. The van der Waals surface area contributed by atoms with E-state index >= 15 is 0 Å². The zero-order valence-electron chi connectivity index (χ0n) is 11.4. The minimum Gasteiger partial charge on any atom is -0.468 e. The molecule has 1 aliphatic carbocycles. The summed E-state index contributed by atoms with van der Waals surface area (Å²) in [7, 11) is 1.20. The number of hydrogen-bond donors (Lipinski definition) is 1. The predicted molar refractivity (Wildman–Crippen MR) is 72.6 cm³/mol. The van der Waals surface area contributed by atoms with Crippen LogP contribution in [0.25, 0.3) is 0 Å². The quantitative estimate of drug-likeness (QED) is 0.530. The van der Waals surface area contributed by atoms with Crippen molar-refractivity contribution in [2.75, 3.05) is 7.11 Å². The average molecular weight is 286 g/mol. The lowest BCUT2D eigenvalue weighted by molar-refractivity contribution is -0.155. The number of carbonyl (C=O) groups is 2. The molecule has 0 bridgehead atoms. The van der Waals surface area contributed by atoms with Crippen LogP contribution in [0.2, 0.25) is 0 Å². The second kappa shape index (κ2) is 4.86. The third-order valence-corrected chi connectivity index (χ3v) is 3.99. The summed E-state index contributed by atoms with van der Waals surface area (Å²) in [6, 6.07) is 10.1. The van der Waals surface area contributed by atoms with Crippen LogP contribution in [-0.2, 0) is 16.0 Å². The van der Waals surface area contributed by atoms with Crippen molar-refractivity contribution in [2.45, 2.75) is 12.5 Å². The average Bonchev–Trinajstić information content (AvgIpc) is 3.13. The molecule has 1 aromatic carbocycles. The zero-order valence-corrected chi connectivity index (χ0v) is 11.4. The van der Waals surface area contributed by atoms with Gasteiger partial charge in [0.25, 0.3) is 0 Å². The molecule has 108 valence electrons. The number of esters is 1. The number of benzene rings is 1. The lowest BCUT2D eigenvalue weighted by atomic mass is 9.77. The van der Waals surface area contributed by atoms with Crippen LogP contribution in [0.4, 0.5) is 0 Å². The van der Waals surface area contributed by atoms with E-state index < -0.39 is 23.3 Å². The van der Waals surface area contributed by atoms with Gasteiger partial charge in [-0.05, 0) is 29.7 Å². The highest BCUT2D eigenvalue weighted by Crippen LogP contribution is 2.48. The maximum Gasteiger partial charge on any atom is 0.323 e. The van der Waals surface area contributed by atoms with Crippen LogP contribution in [0, 0.1) is 5.41 Å². The van der Waals surface area contributed by atoms with Crippen LogP contribution >= 0.6 is 0 Å². The van der Waals surface area contributed by atoms with Crippen molar-refractivity contribution in [3.05, 3.63) is 59.5 Å². The lowest BCUT2D eigenvalue weighted by Crippen LogP contribution is -2.44. The van der Waals surface area contributed by atoms with Crippen LogP contribution in [-0.4, -0.2) is 24.0 Å². The third-order valence-electron chi connectivity index (χ3n) is 3.99. The van der Waals surface area contributed by atoms with E-state index in [0.29, 0.717) is 5.56 Å². The number of methoxy groups -OCH3 is 1. The number of ether oxygens (including phenoxy) is 1. The molecule has 1 heterocycles. The molecule has 1 N–H and O–H groups in total. The van der Waals surface area contributed by atoms with Gasteiger partial charge in [-0.15, -0.1) is 0 Å². The number of Topliss-reactive ketones (excluding diaryl/α,β-unsaturated/α-hetero) is 1. The Morgan fingerprint density at radius 1 is 1.29 bits per heavy atom. The SMILES string of the molecule is COC(=O)[C@]1(C(=O)c2ccco2)Cc2ccccc2[C@H]1O. The molecule has 0 amide bonds. The number of fused-ring (bicyclic) bond motifs is 1. The maximum atomic E-state index is 12.8. The molecule has 2 atom stereocenters. The fourth-order valence-corrected chi connectivity index (χ4v) is 2.92. The van der Waals surface area contributed by atoms with Gasteiger partial charge in [-0.2, -0.15) is 0 Å². The summed E-state index contributed by atoms with van der Waals surface area (Å²) in [5.74, 6) is -1.29. The Kier molecular flexibility index (Phi) is 3.14. The van der Waals surface area contributed by atoms with Crippen molar-refractivity contribution < 1.29 is 23.8 Å².